The molecule has 0 fully saturated rings. The molecule has 0 bridgehead atoms. The molecule has 0 aromatic heterocycles. The average molecular weight is 1720 g/mol. The molecule has 1 aliphatic carbocycles. The van der Waals surface area contributed by atoms with E-state index in [0.717, 1.165) is 32.7 Å². The second-order valence-corrected chi connectivity index (χ2v) is 10.6. The summed E-state index contributed by atoms with van der Waals surface area (Å²) in [5.74, 6) is 0. The second-order valence-electron chi connectivity index (χ2n) is 8.85. The molecule has 7 nitrogen and oxygen atoms in total. The van der Waals surface area contributed by atoms with E-state index in [1.165, 1.54) is 36.5 Å². The first-order valence-electron chi connectivity index (χ1n) is 12.2. The van der Waals surface area contributed by atoms with Gasteiger partial charge in [0.1, 0.15) is 0 Å². The van der Waals surface area contributed by atoms with E-state index in [9.17, 15) is 10.1 Å². The van der Waals surface area contributed by atoms with Gasteiger partial charge in [0.25, 0.3) is 5.69 Å². The quantitative estimate of drug-likeness (QED) is 0.122. The summed E-state index contributed by atoms with van der Waals surface area (Å²) in [6.45, 7) is 0. The van der Waals surface area contributed by atoms with Gasteiger partial charge in [-0.25, -0.2) is 0 Å². The number of rotatable bonds is 1. The molecule has 0 heterocycles. The molecular formula is C30H27Ac4Br4N4O3-3. The molecule has 0 amide bonds. The fourth-order valence-corrected chi connectivity index (χ4v) is 5.55. The Labute approximate surface area is 439 Å². The zero-order chi connectivity index (χ0) is 29.2. The molecule has 1 aliphatic rings. The largest absolute Gasteiger partial charge is 0.698 e. The number of benzene rings is 5. The molecule has 5 aromatic carbocycles. The van der Waals surface area contributed by atoms with Crippen molar-refractivity contribution in [3.05, 3.63) is 132 Å². The van der Waals surface area contributed by atoms with Crippen molar-refractivity contribution in [2.75, 3.05) is 0 Å². The van der Waals surface area contributed by atoms with E-state index in [-0.39, 0.29) is 193 Å². The number of fused-ring (bicyclic) bond motifs is 3. The molecule has 0 saturated carbocycles. The van der Waals surface area contributed by atoms with Gasteiger partial charge in [0.2, 0.25) is 0 Å². The van der Waals surface area contributed by atoms with Crippen molar-refractivity contribution in [3.8, 4) is 0 Å². The van der Waals surface area contributed by atoms with Crippen LogP contribution in [0, 0.1) is 186 Å². The molecule has 0 unspecified atom stereocenters. The van der Waals surface area contributed by atoms with Gasteiger partial charge >= 0.3 is 0 Å². The SMILES string of the molecule is BrBr.O.[Ac].[Ac].[Ac].[Ac].[NH-]c1c([N+](=O)[O-])cc(Br)c2ccccc12.[NH-]c1ccc(Br)c2ccccc12.[NH-]c1cccc2c1CCCC2. The number of nitrogens with one attached hydrogen (secondary N) is 3. The number of halogens is 4. The van der Waals surface area contributed by atoms with Crippen LogP contribution in [0.3, 0.4) is 0 Å². The van der Waals surface area contributed by atoms with Gasteiger partial charge in [-0.15, -0.1) is 11.4 Å². The van der Waals surface area contributed by atoms with Gasteiger partial charge in [0, 0.05) is 220 Å². The number of hydrogen-bond acceptors (Lipinski definition) is 2. The summed E-state index contributed by atoms with van der Waals surface area (Å²) in [7, 11) is 0. The van der Waals surface area contributed by atoms with E-state index in [2.05, 4.69) is 66.2 Å². The molecule has 228 valence electrons. The Morgan fingerprint density at radius 2 is 1.13 bits per heavy atom. The molecular weight excluding hydrogens is 1690 g/mol. The van der Waals surface area contributed by atoms with E-state index < -0.39 is 4.92 Å². The Morgan fingerprint density at radius 3 is 1.67 bits per heavy atom. The Hall–Kier alpha value is 3.07. The minimum atomic E-state index is -0.542. The molecule has 0 saturated heterocycles. The van der Waals surface area contributed by atoms with Crippen molar-refractivity contribution in [3.63, 3.8) is 0 Å². The molecule has 15 heteroatoms. The van der Waals surface area contributed by atoms with Gasteiger partial charge < -0.3 is 22.7 Å². The van der Waals surface area contributed by atoms with Gasteiger partial charge in [-0.2, -0.15) is 0 Å². The van der Waals surface area contributed by atoms with Crippen LogP contribution in [0.25, 0.3) is 38.7 Å². The smallest absolute Gasteiger partial charge is 0.256 e. The van der Waals surface area contributed by atoms with Gasteiger partial charge in [-0.1, -0.05) is 100.0 Å². The third kappa shape index (κ3) is 15.3. The fraction of sp³-hybridized carbons (Fsp3) is 0.133. The predicted molar refractivity (Wildman–Crippen MR) is 186 cm³/mol. The van der Waals surface area contributed by atoms with Gasteiger partial charge in [0.15, 0.2) is 0 Å². The maximum Gasteiger partial charge on any atom is 0.256 e. The van der Waals surface area contributed by atoms with Gasteiger partial charge in [0.05, 0.1) is 4.92 Å². The molecule has 5 N–H and O–H groups in total. The van der Waals surface area contributed by atoms with Crippen molar-refractivity contribution in [1.29, 1.82) is 0 Å². The van der Waals surface area contributed by atoms with Crippen molar-refractivity contribution < 1.29 is 187 Å². The predicted octanol–water partition coefficient (Wildman–Crippen LogP) is 12.6. The summed E-state index contributed by atoms with van der Waals surface area (Å²) in [4.78, 5) is 10.1. The van der Waals surface area contributed by atoms with E-state index >= 15 is 0 Å². The first kappa shape index (κ1) is 52.4. The number of nitrogens with zero attached hydrogens (tertiary/aromatic N) is 1. The zero-order valence-corrected chi connectivity index (χ0v) is 49.3. The first-order chi connectivity index (χ1) is 19.3. The van der Waals surface area contributed by atoms with Crippen LogP contribution in [0.2, 0.25) is 0 Å². The van der Waals surface area contributed by atoms with Crippen LogP contribution >= 0.6 is 60.1 Å². The van der Waals surface area contributed by atoms with Crippen molar-refractivity contribution in [2.45, 2.75) is 25.7 Å². The van der Waals surface area contributed by atoms with E-state index in [1.807, 2.05) is 54.6 Å². The molecule has 0 spiro atoms. The third-order valence-corrected chi connectivity index (χ3v) is 7.78. The minimum absolute atomic E-state index is 0. The summed E-state index contributed by atoms with van der Waals surface area (Å²) in [6.07, 6.45) is 4.87. The topological polar surface area (TPSA) is 146 Å². The number of nitro groups is 1. The Bertz CT molecular complexity index is 1610. The van der Waals surface area contributed by atoms with Crippen LogP contribution in [-0.2, 0) is 12.8 Å². The fourth-order valence-electron chi connectivity index (χ4n) is 4.50. The molecule has 0 aliphatic heterocycles. The number of nitro benzene ring substituents is 1. The van der Waals surface area contributed by atoms with Gasteiger partial charge in [-0.05, 0) is 74.8 Å². The van der Waals surface area contributed by atoms with Crippen LogP contribution in [0.15, 0.2) is 93.9 Å². The van der Waals surface area contributed by atoms with Gasteiger partial charge in [-0.3, -0.25) is 10.1 Å². The molecule has 45 heavy (non-hydrogen) atoms. The van der Waals surface area contributed by atoms with Crippen molar-refractivity contribution >= 4 is 104 Å². The van der Waals surface area contributed by atoms with E-state index in [1.54, 1.807) is 18.2 Å². The molecule has 0 atom stereocenters. The van der Waals surface area contributed by atoms with Crippen molar-refractivity contribution in [1.82, 2.24) is 0 Å². The van der Waals surface area contributed by atoms with E-state index in [0.29, 0.717) is 15.5 Å². The Balaban J connectivity index is -0.000000547. The minimum Gasteiger partial charge on any atom is -0.698 e. The van der Waals surface area contributed by atoms with Crippen LogP contribution < -0.4 is 0 Å². The average Bonchev–Trinajstić information content (AvgIpc) is 2.99. The van der Waals surface area contributed by atoms with Crippen molar-refractivity contribution in [2.24, 2.45) is 0 Å². The third-order valence-electron chi connectivity index (χ3n) is 6.44. The summed E-state index contributed by atoms with van der Waals surface area (Å²) in [5, 5.41) is 14.2. The maximum atomic E-state index is 10.7. The Kier molecular flexibility index (Phi) is 32.3. The summed E-state index contributed by atoms with van der Waals surface area (Å²) < 4.78 is 1.69. The van der Waals surface area contributed by atoms with Crippen LogP contribution in [-0.4, -0.2) is 10.4 Å². The summed E-state index contributed by atoms with van der Waals surface area (Å²) >= 11 is 12.2. The molecule has 6 rings (SSSR count). The van der Waals surface area contributed by atoms with E-state index in [4.69, 9.17) is 17.2 Å². The number of hydrogen-bond donors (Lipinski definition) is 0. The number of aryl methyl sites for hydroxylation is 1. The summed E-state index contributed by atoms with van der Waals surface area (Å²) in [5.41, 5.74) is 26.8. The molecule has 5 aromatic rings. The second kappa shape index (κ2) is 27.7. The summed E-state index contributed by atoms with van der Waals surface area (Å²) in [6, 6.07) is 26.1. The first-order valence-corrected chi connectivity index (χ1v) is 17.5. The van der Waals surface area contributed by atoms with Crippen LogP contribution in [0.4, 0.5) is 22.7 Å². The van der Waals surface area contributed by atoms with Crippen LogP contribution in [0.1, 0.15) is 24.0 Å². The maximum absolute atomic E-state index is 10.7. The zero-order valence-electron chi connectivity index (χ0n) is 24.0. The standard InChI is InChI=1S/C10H6BrN2O2.C10H7BrN.C10H12N.4Ac.Br2.H2O/c11-8-5-9(13(14)15)10(12)7-4-2-1-3-6(7)8;11-9-5-6-10(12)8-4-2-1-3-7(8)9;11-10-7-3-5-8-4-1-2-6-9(8)10;;;;;1-2;/h1-5,12H;1-6,12H;3,5,7,11H,1-2,4,6H2;;;;;;1H2/q3*-1;;;;;;. The Morgan fingerprint density at radius 1 is 0.622 bits per heavy atom. The van der Waals surface area contributed by atoms with Crippen LogP contribution in [0.5, 0.6) is 0 Å². The molecule has 4 radical (unpaired) electrons. The monoisotopic (exact) mass is 1710 g/mol. The normalized spacial score (nSPS) is 10.3.